The smallest absolute Gasteiger partial charge is 0.0477 e. The maximum atomic E-state index is 3.64. The highest BCUT2D eigenvalue weighted by Crippen LogP contribution is 2.26. The van der Waals surface area contributed by atoms with E-state index < -0.39 is 0 Å². The van der Waals surface area contributed by atoms with Crippen molar-refractivity contribution in [2.45, 2.75) is 26.3 Å². The van der Waals surface area contributed by atoms with E-state index >= 15 is 0 Å². The number of nitrogens with zero attached hydrogens (tertiary/aromatic N) is 1. The molecule has 1 atom stereocenters. The first kappa shape index (κ1) is 13.0. The van der Waals surface area contributed by atoms with Gasteiger partial charge in [0.15, 0.2) is 0 Å². The molecule has 0 radical (unpaired) electrons. The highest BCUT2D eigenvalue weighted by Gasteiger charge is 2.21. The van der Waals surface area contributed by atoms with Gasteiger partial charge < -0.3 is 10.2 Å². The molecule has 1 N–H and O–H groups in total. The summed E-state index contributed by atoms with van der Waals surface area (Å²) >= 11 is 0. The zero-order valence-corrected chi connectivity index (χ0v) is 12.3. The molecule has 1 heterocycles. The minimum absolute atomic E-state index is 0.508. The highest BCUT2D eigenvalue weighted by molar-refractivity contribution is 5.57. The molecule has 0 amide bonds. The fourth-order valence-corrected chi connectivity index (χ4v) is 2.92. The first-order chi connectivity index (χ1) is 9.76. The van der Waals surface area contributed by atoms with Crippen LogP contribution in [0.2, 0.25) is 0 Å². The Balaban J connectivity index is 1.69. The van der Waals surface area contributed by atoms with E-state index in [1.54, 1.807) is 0 Å². The molecule has 0 saturated heterocycles. The standard InChI is InChI=1S/C18H22N2/c1-3-20(17-10-8-14(2)9-11-17)13-16-12-15-6-4-5-7-18(15)19-16/h4-11,16,19H,3,12-13H2,1-2H3. The molecule has 3 rings (SSSR count). The van der Waals surface area contributed by atoms with Crippen LogP contribution in [0.5, 0.6) is 0 Å². The van der Waals surface area contributed by atoms with E-state index in [9.17, 15) is 0 Å². The Morgan fingerprint density at radius 2 is 1.85 bits per heavy atom. The quantitative estimate of drug-likeness (QED) is 0.904. The van der Waals surface area contributed by atoms with Gasteiger partial charge in [-0.15, -0.1) is 0 Å². The molecule has 104 valence electrons. The molecule has 0 aromatic heterocycles. The van der Waals surface area contributed by atoms with Gasteiger partial charge in [0.2, 0.25) is 0 Å². The topological polar surface area (TPSA) is 15.3 Å². The number of aryl methyl sites for hydroxylation is 1. The Morgan fingerprint density at radius 1 is 1.10 bits per heavy atom. The van der Waals surface area contributed by atoms with E-state index in [0.29, 0.717) is 6.04 Å². The van der Waals surface area contributed by atoms with Crippen molar-refractivity contribution in [1.29, 1.82) is 0 Å². The van der Waals surface area contributed by atoms with Crippen LogP contribution in [0.15, 0.2) is 48.5 Å². The molecule has 0 fully saturated rings. The molecule has 2 nitrogen and oxygen atoms in total. The van der Waals surface area contributed by atoms with Crippen LogP contribution in [0, 0.1) is 6.92 Å². The van der Waals surface area contributed by atoms with Crippen LogP contribution in [0.3, 0.4) is 0 Å². The van der Waals surface area contributed by atoms with Crippen molar-refractivity contribution in [2.24, 2.45) is 0 Å². The summed E-state index contributed by atoms with van der Waals surface area (Å²) in [5, 5.41) is 3.64. The third-order valence-electron chi connectivity index (χ3n) is 4.06. The van der Waals surface area contributed by atoms with Crippen LogP contribution in [0.1, 0.15) is 18.1 Å². The van der Waals surface area contributed by atoms with Crippen molar-refractivity contribution in [2.75, 3.05) is 23.3 Å². The molecule has 2 heteroatoms. The summed E-state index contributed by atoms with van der Waals surface area (Å²) in [4.78, 5) is 2.45. The summed E-state index contributed by atoms with van der Waals surface area (Å²) in [6.45, 7) is 6.45. The number of benzene rings is 2. The van der Waals surface area contributed by atoms with E-state index in [2.05, 4.69) is 72.6 Å². The number of anilines is 2. The lowest BCUT2D eigenvalue weighted by Gasteiger charge is -2.27. The van der Waals surface area contributed by atoms with Gasteiger partial charge in [-0.1, -0.05) is 35.9 Å². The van der Waals surface area contributed by atoms with Gasteiger partial charge in [0.25, 0.3) is 0 Å². The third-order valence-corrected chi connectivity index (χ3v) is 4.06. The zero-order valence-electron chi connectivity index (χ0n) is 12.3. The second-order valence-electron chi connectivity index (χ2n) is 5.58. The van der Waals surface area contributed by atoms with Crippen molar-refractivity contribution in [3.8, 4) is 0 Å². The first-order valence-corrected chi connectivity index (χ1v) is 7.42. The molecule has 0 saturated carbocycles. The van der Waals surface area contributed by atoms with E-state index in [1.807, 2.05) is 0 Å². The fraction of sp³-hybridized carbons (Fsp3) is 0.333. The van der Waals surface area contributed by atoms with Crippen molar-refractivity contribution in [3.05, 3.63) is 59.7 Å². The van der Waals surface area contributed by atoms with E-state index in [1.165, 1.54) is 22.5 Å². The maximum absolute atomic E-state index is 3.64. The predicted octanol–water partition coefficient (Wildman–Crippen LogP) is 3.86. The molecule has 2 aromatic rings. The summed E-state index contributed by atoms with van der Waals surface area (Å²) in [5.41, 5.74) is 5.38. The van der Waals surface area contributed by atoms with Gasteiger partial charge in [0.05, 0.1) is 0 Å². The lowest BCUT2D eigenvalue weighted by Crippen LogP contribution is -2.35. The molecule has 1 aliphatic rings. The van der Waals surface area contributed by atoms with Gasteiger partial charge in [-0.25, -0.2) is 0 Å². The lowest BCUT2D eigenvalue weighted by atomic mass is 10.1. The molecule has 0 bridgehead atoms. The van der Waals surface area contributed by atoms with Gasteiger partial charge in [-0.05, 0) is 44.0 Å². The third kappa shape index (κ3) is 2.64. The summed E-state index contributed by atoms with van der Waals surface area (Å²) in [6.07, 6.45) is 1.12. The van der Waals surface area contributed by atoms with Crippen molar-refractivity contribution in [1.82, 2.24) is 0 Å². The van der Waals surface area contributed by atoms with E-state index in [-0.39, 0.29) is 0 Å². The number of rotatable bonds is 4. The second-order valence-corrected chi connectivity index (χ2v) is 5.58. The Kier molecular flexibility index (Phi) is 3.64. The van der Waals surface area contributed by atoms with E-state index in [4.69, 9.17) is 0 Å². The predicted molar refractivity (Wildman–Crippen MR) is 86.6 cm³/mol. The molecule has 2 aromatic carbocycles. The van der Waals surface area contributed by atoms with Crippen LogP contribution >= 0.6 is 0 Å². The zero-order chi connectivity index (χ0) is 13.9. The number of fused-ring (bicyclic) bond motifs is 1. The molecular formula is C18H22N2. The average Bonchev–Trinajstić information content (AvgIpc) is 2.88. The van der Waals surface area contributed by atoms with Gasteiger partial charge >= 0.3 is 0 Å². The number of hydrogen-bond donors (Lipinski definition) is 1. The Bertz CT molecular complexity index is 549. The van der Waals surface area contributed by atoms with Crippen LogP contribution in [-0.2, 0) is 6.42 Å². The monoisotopic (exact) mass is 266 g/mol. The minimum atomic E-state index is 0.508. The molecular weight excluding hydrogens is 244 g/mol. The number of para-hydroxylation sites is 1. The van der Waals surface area contributed by atoms with Crippen LogP contribution < -0.4 is 10.2 Å². The molecule has 0 spiro atoms. The van der Waals surface area contributed by atoms with Gasteiger partial charge in [-0.2, -0.15) is 0 Å². The summed E-state index contributed by atoms with van der Waals surface area (Å²) in [7, 11) is 0. The Hall–Kier alpha value is -1.96. The molecule has 0 aliphatic carbocycles. The maximum Gasteiger partial charge on any atom is 0.0477 e. The second kappa shape index (κ2) is 5.58. The minimum Gasteiger partial charge on any atom is -0.380 e. The lowest BCUT2D eigenvalue weighted by molar-refractivity contribution is 0.696. The highest BCUT2D eigenvalue weighted by atomic mass is 15.2. The van der Waals surface area contributed by atoms with Crippen molar-refractivity contribution >= 4 is 11.4 Å². The largest absolute Gasteiger partial charge is 0.380 e. The van der Waals surface area contributed by atoms with Gasteiger partial charge in [0, 0.05) is 30.5 Å². The van der Waals surface area contributed by atoms with Crippen LogP contribution in [-0.4, -0.2) is 19.1 Å². The first-order valence-electron chi connectivity index (χ1n) is 7.42. The van der Waals surface area contributed by atoms with Gasteiger partial charge in [0.1, 0.15) is 0 Å². The fourth-order valence-electron chi connectivity index (χ4n) is 2.92. The Labute approximate surface area is 121 Å². The van der Waals surface area contributed by atoms with Crippen molar-refractivity contribution < 1.29 is 0 Å². The molecule has 20 heavy (non-hydrogen) atoms. The molecule has 1 aliphatic heterocycles. The SMILES string of the molecule is CCN(CC1Cc2ccccc2N1)c1ccc(C)cc1. The van der Waals surface area contributed by atoms with Crippen LogP contribution in [0.4, 0.5) is 11.4 Å². The summed E-state index contributed by atoms with van der Waals surface area (Å²) in [6, 6.07) is 18.0. The summed E-state index contributed by atoms with van der Waals surface area (Å²) < 4.78 is 0. The number of likely N-dealkylation sites (N-methyl/N-ethyl adjacent to an activating group) is 1. The Morgan fingerprint density at radius 3 is 2.55 bits per heavy atom. The van der Waals surface area contributed by atoms with E-state index in [0.717, 1.165) is 19.5 Å². The van der Waals surface area contributed by atoms with Crippen LogP contribution in [0.25, 0.3) is 0 Å². The summed E-state index contributed by atoms with van der Waals surface area (Å²) in [5.74, 6) is 0. The normalized spacial score (nSPS) is 16.6. The molecule has 1 unspecified atom stereocenters. The number of hydrogen-bond acceptors (Lipinski definition) is 2. The van der Waals surface area contributed by atoms with Gasteiger partial charge in [-0.3, -0.25) is 0 Å². The average molecular weight is 266 g/mol. The van der Waals surface area contributed by atoms with Crippen molar-refractivity contribution in [3.63, 3.8) is 0 Å². The number of nitrogens with one attached hydrogen (secondary N) is 1.